The van der Waals surface area contributed by atoms with Gasteiger partial charge < -0.3 is 10.4 Å². The van der Waals surface area contributed by atoms with Gasteiger partial charge in [-0.3, -0.25) is 0 Å². The highest BCUT2D eigenvalue weighted by molar-refractivity contribution is 6.30. The number of rotatable bonds is 3. The van der Waals surface area contributed by atoms with Gasteiger partial charge in [0.05, 0.1) is 0 Å². The smallest absolute Gasteiger partial charge is 0.0474 e. The highest BCUT2D eigenvalue weighted by Gasteiger charge is 2.29. The monoisotopic (exact) mass is 279 g/mol. The van der Waals surface area contributed by atoms with Gasteiger partial charge in [-0.25, -0.2) is 0 Å². The summed E-state index contributed by atoms with van der Waals surface area (Å²) in [5.74, 6) is 0.435. The third kappa shape index (κ3) is 2.81. The molecule has 0 heterocycles. The number of hydrogen-bond acceptors (Lipinski definition) is 2. The van der Waals surface area contributed by atoms with Gasteiger partial charge in [0.15, 0.2) is 0 Å². The fraction of sp³-hybridized carbons (Fsp3) is 0.625. The van der Waals surface area contributed by atoms with Crippen molar-refractivity contribution in [2.45, 2.75) is 50.6 Å². The van der Waals surface area contributed by atoms with Gasteiger partial charge in [-0.1, -0.05) is 30.5 Å². The molecule has 3 rings (SSSR count). The summed E-state index contributed by atoms with van der Waals surface area (Å²) in [7, 11) is 0. The first kappa shape index (κ1) is 13.4. The summed E-state index contributed by atoms with van der Waals surface area (Å²) in [5.41, 5.74) is 2.80. The zero-order chi connectivity index (χ0) is 13.2. The molecular formula is C16H22ClNO. The Balaban J connectivity index is 1.71. The van der Waals surface area contributed by atoms with Gasteiger partial charge in [0.25, 0.3) is 0 Å². The molecule has 0 amide bonds. The van der Waals surface area contributed by atoms with E-state index in [-0.39, 0.29) is 0 Å². The molecule has 0 bridgehead atoms. The molecule has 0 aliphatic heterocycles. The van der Waals surface area contributed by atoms with Crippen molar-refractivity contribution in [3.05, 3.63) is 34.3 Å². The second-order valence-electron chi connectivity index (χ2n) is 5.93. The third-order valence-electron chi connectivity index (χ3n) is 4.74. The Bertz CT molecular complexity index is 448. The molecular weight excluding hydrogens is 258 g/mol. The largest absolute Gasteiger partial charge is 0.396 e. The molecule has 3 heteroatoms. The molecule has 0 saturated heterocycles. The molecule has 3 unspecified atom stereocenters. The van der Waals surface area contributed by atoms with Gasteiger partial charge in [0.2, 0.25) is 0 Å². The topological polar surface area (TPSA) is 32.3 Å². The average Bonchev–Trinajstić information content (AvgIpc) is 2.82. The van der Waals surface area contributed by atoms with E-state index in [1.54, 1.807) is 0 Å². The molecule has 2 nitrogen and oxygen atoms in total. The summed E-state index contributed by atoms with van der Waals surface area (Å²) in [6.07, 6.45) is 7.18. The Morgan fingerprint density at radius 1 is 1.21 bits per heavy atom. The van der Waals surface area contributed by atoms with Crippen LogP contribution in [-0.4, -0.2) is 17.8 Å². The zero-order valence-electron chi connectivity index (χ0n) is 11.2. The maximum Gasteiger partial charge on any atom is 0.0474 e. The first-order valence-electron chi connectivity index (χ1n) is 7.43. The molecule has 1 saturated carbocycles. The van der Waals surface area contributed by atoms with Crippen LogP contribution in [0.25, 0.3) is 0 Å². The van der Waals surface area contributed by atoms with Gasteiger partial charge in [-0.15, -0.1) is 0 Å². The standard InChI is InChI=1S/C16H22ClNO/c17-13-6-7-14-11(9-13)5-8-16(14)18-15-4-2-1-3-12(15)10-19/h6-7,9,12,15-16,18-19H,1-5,8,10H2. The van der Waals surface area contributed by atoms with Crippen LogP contribution >= 0.6 is 11.6 Å². The van der Waals surface area contributed by atoms with E-state index < -0.39 is 0 Å². The Kier molecular flexibility index (Phi) is 4.11. The average molecular weight is 280 g/mol. The third-order valence-corrected chi connectivity index (χ3v) is 4.98. The molecule has 2 aliphatic rings. The Morgan fingerprint density at radius 3 is 2.89 bits per heavy atom. The van der Waals surface area contributed by atoms with Gasteiger partial charge in [-0.05, 0) is 54.9 Å². The van der Waals surface area contributed by atoms with Crippen molar-refractivity contribution >= 4 is 11.6 Å². The SMILES string of the molecule is OCC1CCCCC1NC1CCc2cc(Cl)ccc21. The van der Waals surface area contributed by atoms with Crippen LogP contribution in [0.15, 0.2) is 18.2 Å². The molecule has 3 atom stereocenters. The van der Waals surface area contributed by atoms with Gasteiger partial charge in [0, 0.05) is 23.7 Å². The number of aliphatic hydroxyl groups excluding tert-OH is 1. The number of aliphatic hydroxyl groups is 1. The quantitative estimate of drug-likeness (QED) is 0.888. The number of halogens is 1. The van der Waals surface area contributed by atoms with Crippen LogP contribution < -0.4 is 5.32 Å². The van der Waals surface area contributed by atoms with Gasteiger partial charge >= 0.3 is 0 Å². The van der Waals surface area contributed by atoms with E-state index in [0.717, 1.165) is 24.3 Å². The lowest BCUT2D eigenvalue weighted by Crippen LogP contribution is -2.41. The Labute approximate surface area is 120 Å². The lowest BCUT2D eigenvalue weighted by molar-refractivity contribution is 0.145. The van der Waals surface area contributed by atoms with Gasteiger partial charge in [-0.2, -0.15) is 0 Å². The maximum atomic E-state index is 9.51. The lowest BCUT2D eigenvalue weighted by Gasteiger charge is -2.33. The highest BCUT2D eigenvalue weighted by Crippen LogP contribution is 2.35. The minimum atomic E-state index is 0.317. The van der Waals surface area contributed by atoms with Gasteiger partial charge in [0.1, 0.15) is 0 Å². The van der Waals surface area contributed by atoms with Crippen molar-refractivity contribution < 1.29 is 5.11 Å². The van der Waals surface area contributed by atoms with Crippen molar-refractivity contribution in [2.24, 2.45) is 5.92 Å². The fourth-order valence-corrected chi connectivity index (χ4v) is 3.86. The van der Waals surface area contributed by atoms with E-state index in [4.69, 9.17) is 11.6 Å². The number of aryl methyl sites for hydroxylation is 1. The molecule has 0 aromatic heterocycles. The second kappa shape index (κ2) is 5.82. The van der Waals surface area contributed by atoms with Crippen LogP contribution in [0, 0.1) is 5.92 Å². The maximum absolute atomic E-state index is 9.51. The zero-order valence-corrected chi connectivity index (χ0v) is 12.0. The lowest BCUT2D eigenvalue weighted by atomic mass is 9.84. The first-order valence-corrected chi connectivity index (χ1v) is 7.81. The summed E-state index contributed by atoms with van der Waals surface area (Å²) >= 11 is 6.06. The Morgan fingerprint density at radius 2 is 2.05 bits per heavy atom. The van der Waals surface area contributed by atoms with Crippen molar-refractivity contribution in [1.29, 1.82) is 0 Å². The molecule has 0 spiro atoms. The highest BCUT2D eigenvalue weighted by atomic mass is 35.5. The molecule has 19 heavy (non-hydrogen) atoms. The van der Waals surface area contributed by atoms with E-state index in [1.807, 2.05) is 6.07 Å². The summed E-state index contributed by atoms with van der Waals surface area (Å²) in [6.45, 7) is 0.317. The van der Waals surface area contributed by atoms with Crippen LogP contribution in [0.3, 0.4) is 0 Å². The van der Waals surface area contributed by atoms with Crippen molar-refractivity contribution in [3.63, 3.8) is 0 Å². The Hall–Kier alpha value is -0.570. The normalized spacial score (nSPS) is 30.3. The van der Waals surface area contributed by atoms with E-state index in [2.05, 4.69) is 17.4 Å². The van der Waals surface area contributed by atoms with Crippen LogP contribution in [-0.2, 0) is 6.42 Å². The van der Waals surface area contributed by atoms with Crippen LogP contribution in [0.5, 0.6) is 0 Å². The van der Waals surface area contributed by atoms with Crippen molar-refractivity contribution in [1.82, 2.24) is 5.32 Å². The molecule has 1 aromatic rings. The molecule has 1 aromatic carbocycles. The molecule has 2 N–H and O–H groups in total. The predicted octanol–water partition coefficient (Wildman–Crippen LogP) is 3.47. The second-order valence-corrected chi connectivity index (χ2v) is 6.37. The number of hydrogen-bond donors (Lipinski definition) is 2. The molecule has 1 fully saturated rings. The summed E-state index contributed by atoms with van der Waals surface area (Å²) in [4.78, 5) is 0. The van der Waals surface area contributed by atoms with E-state index in [1.165, 1.54) is 30.4 Å². The summed E-state index contributed by atoms with van der Waals surface area (Å²) in [6, 6.07) is 7.18. The minimum absolute atomic E-state index is 0.317. The molecule has 0 radical (unpaired) electrons. The van der Waals surface area contributed by atoms with E-state index >= 15 is 0 Å². The molecule has 2 aliphatic carbocycles. The number of fused-ring (bicyclic) bond motifs is 1. The number of nitrogens with one attached hydrogen (secondary N) is 1. The number of benzene rings is 1. The minimum Gasteiger partial charge on any atom is -0.396 e. The van der Waals surface area contributed by atoms with Crippen molar-refractivity contribution in [2.75, 3.05) is 6.61 Å². The van der Waals surface area contributed by atoms with Crippen LogP contribution in [0.1, 0.15) is 49.3 Å². The van der Waals surface area contributed by atoms with Crippen LogP contribution in [0.2, 0.25) is 5.02 Å². The first-order chi connectivity index (χ1) is 9.28. The van der Waals surface area contributed by atoms with E-state index in [9.17, 15) is 5.11 Å². The van der Waals surface area contributed by atoms with Crippen LogP contribution in [0.4, 0.5) is 0 Å². The summed E-state index contributed by atoms with van der Waals surface area (Å²) < 4.78 is 0. The predicted molar refractivity (Wildman–Crippen MR) is 78.5 cm³/mol. The van der Waals surface area contributed by atoms with E-state index in [0.29, 0.717) is 24.6 Å². The fourth-order valence-electron chi connectivity index (χ4n) is 3.66. The van der Waals surface area contributed by atoms with Crippen molar-refractivity contribution in [3.8, 4) is 0 Å². The summed E-state index contributed by atoms with van der Waals surface area (Å²) in [5, 5.41) is 14.1. The molecule has 104 valence electrons.